The summed E-state index contributed by atoms with van der Waals surface area (Å²) in [5.74, 6) is 2.96. The molecule has 2 aromatic heterocycles. The number of fused-ring (bicyclic) bond motifs is 1. The maximum Gasteiger partial charge on any atom is 0.195 e. The molecule has 4 rings (SSSR count). The van der Waals surface area contributed by atoms with Gasteiger partial charge in [-0.3, -0.25) is 4.57 Å². The van der Waals surface area contributed by atoms with Gasteiger partial charge in [0, 0.05) is 11.4 Å². The predicted molar refractivity (Wildman–Crippen MR) is 115 cm³/mol. The van der Waals surface area contributed by atoms with Gasteiger partial charge in [0.2, 0.25) is 0 Å². The van der Waals surface area contributed by atoms with E-state index in [-0.39, 0.29) is 0 Å². The maximum atomic E-state index is 4.69. The van der Waals surface area contributed by atoms with Gasteiger partial charge in [-0.25, -0.2) is 4.98 Å². The molecule has 0 aliphatic rings. The lowest BCUT2D eigenvalue weighted by Crippen LogP contribution is -2.09. The molecule has 0 atom stereocenters. The zero-order valence-electron chi connectivity index (χ0n) is 16.6. The lowest BCUT2D eigenvalue weighted by Gasteiger charge is -2.12. The average molecular weight is 392 g/mol. The second-order valence-corrected chi connectivity index (χ2v) is 8.07. The molecule has 6 heteroatoms. The largest absolute Gasteiger partial charge is 0.320 e. The van der Waals surface area contributed by atoms with Crippen molar-refractivity contribution < 1.29 is 0 Å². The zero-order chi connectivity index (χ0) is 19.5. The summed E-state index contributed by atoms with van der Waals surface area (Å²) in [4.78, 5) is 4.69. The molecule has 2 heterocycles. The predicted octanol–water partition coefficient (Wildman–Crippen LogP) is 5.17. The molecule has 0 fully saturated rings. The second-order valence-electron chi connectivity index (χ2n) is 7.01. The number of para-hydroxylation sites is 2. The van der Waals surface area contributed by atoms with Gasteiger partial charge in [0.05, 0.1) is 17.6 Å². The van der Waals surface area contributed by atoms with E-state index in [1.54, 1.807) is 11.8 Å². The highest BCUT2D eigenvalue weighted by Gasteiger charge is 2.17. The number of thioether (sulfide) groups is 1. The Morgan fingerprint density at radius 1 is 0.964 bits per heavy atom. The van der Waals surface area contributed by atoms with Crippen molar-refractivity contribution in [3.8, 4) is 5.69 Å². The van der Waals surface area contributed by atoms with Crippen LogP contribution in [0.25, 0.3) is 16.7 Å². The Hall–Kier alpha value is -2.60. The van der Waals surface area contributed by atoms with E-state index in [1.165, 1.54) is 18.4 Å². The van der Waals surface area contributed by atoms with Crippen LogP contribution in [0, 0.1) is 13.8 Å². The molecule has 0 spiro atoms. The number of imidazole rings is 1. The van der Waals surface area contributed by atoms with Crippen LogP contribution in [0.1, 0.15) is 37.0 Å². The Kier molecular flexibility index (Phi) is 5.48. The van der Waals surface area contributed by atoms with E-state index in [4.69, 9.17) is 4.98 Å². The molecule has 0 amide bonds. The first-order valence-electron chi connectivity index (χ1n) is 9.73. The van der Waals surface area contributed by atoms with Gasteiger partial charge >= 0.3 is 0 Å². The molecule has 0 aliphatic carbocycles. The SMILES string of the molecule is CCCCSc1nnc(Cn2c(C)nc3ccccc32)n1-c1ccc(C)cc1. The summed E-state index contributed by atoms with van der Waals surface area (Å²) in [5.41, 5.74) is 4.49. The van der Waals surface area contributed by atoms with Crippen LogP contribution in [-0.4, -0.2) is 30.1 Å². The van der Waals surface area contributed by atoms with Crippen molar-refractivity contribution >= 4 is 22.8 Å². The van der Waals surface area contributed by atoms with Gasteiger partial charge < -0.3 is 4.57 Å². The fraction of sp³-hybridized carbons (Fsp3) is 0.318. The van der Waals surface area contributed by atoms with Crippen molar-refractivity contribution in [1.29, 1.82) is 0 Å². The Bertz CT molecular complexity index is 1080. The number of benzene rings is 2. The highest BCUT2D eigenvalue weighted by molar-refractivity contribution is 7.99. The van der Waals surface area contributed by atoms with Crippen LogP contribution in [0.5, 0.6) is 0 Å². The minimum Gasteiger partial charge on any atom is -0.320 e. The minimum absolute atomic E-state index is 0.640. The molecule has 0 saturated carbocycles. The number of nitrogens with zero attached hydrogens (tertiary/aromatic N) is 5. The molecule has 0 radical (unpaired) electrons. The van der Waals surface area contributed by atoms with Gasteiger partial charge in [-0.15, -0.1) is 10.2 Å². The second kappa shape index (κ2) is 8.19. The summed E-state index contributed by atoms with van der Waals surface area (Å²) < 4.78 is 4.40. The normalized spacial score (nSPS) is 11.4. The first-order valence-corrected chi connectivity index (χ1v) is 10.7. The molecule has 0 unspecified atom stereocenters. The summed E-state index contributed by atoms with van der Waals surface area (Å²) in [6, 6.07) is 16.8. The monoisotopic (exact) mass is 391 g/mol. The fourth-order valence-corrected chi connectivity index (χ4v) is 4.35. The third-order valence-electron chi connectivity index (χ3n) is 4.87. The van der Waals surface area contributed by atoms with Gasteiger partial charge in [0.15, 0.2) is 11.0 Å². The van der Waals surface area contributed by atoms with Crippen LogP contribution in [0.3, 0.4) is 0 Å². The highest BCUT2D eigenvalue weighted by Crippen LogP contribution is 2.25. The zero-order valence-corrected chi connectivity index (χ0v) is 17.4. The lowest BCUT2D eigenvalue weighted by molar-refractivity contribution is 0.711. The summed E-state index contributed by atoms with van der Waals surface area (Å²) in [6.07, 6.45) is 2.35. The third-order valence-corrected chi connectivity index (χ3v) is 5.88. The summed E-state index contributed by atoms with van der Waals surface area (Å²) in [6.45, 7) is 7.00. The first-order chi connectivity index (χ1) is 13.7. The molecular weight excluding hydrogens is 366 g/mol. The molecule has 4 aromatic rings. The quantitative estimate of drug-likeness (QED) is 0.322. The summed E-state index contributed by atoms with van der Waals surface area (Å²) >= 11 is 1.78. The standard InChI is InChI=1S/C22H25N5S/c1-4-5-14-28-22-25-24-21(27(22)18-12-10-16(2)11-13-18)15-26-17(3)23-19-8-6-7-9-20(19)26/h6-13H,4-5,14-15H2,1-3H3. The van der Waals surface area contributed by atoms with Crippen molar-refractivity contribution in [2.24, 2.45) is 0 Å². The Morgan fingerprint density at radius 3 is 2.54 bits per heavy atom. The van der Waals surface area contributed by atoms with E-state index >= 15 is 0 Å². The van der Waals surface area contributed by atoms with Crippen LogP contribution in [0.15, 0.2) is 53.7 Å². The molecule has 0 saturated heterocycles. The minimum atomic E-state index is 0.640. The molecular formula is C22H25N5S. The van der Waals surface area contributed by atoms with Crippen molar-refractivity contribution in [2.75, 3.05) is 5.75 Å². The first kappa shape index (κ1) is 18.7. The third kappa shape index (κ3) is 3.69. The lowest BCUT2D eigenvalue weighted by atomic mass is 10.2. The number of aryl methyl sites for hydroxylation is 2. The van der Waals surface area contributed by atoms with Crippen molar-refractivity contribution in [1.82, 2.24) is 24.3 Å². The van der Waals surface area contributed by atoms with Gasteiger partial charge in [-0.2, -0.15) is 0 Å². The molecule has 5 nitrogen and oxygen atoms in total. The Balaban J connectivity index is 1.75. The van der Waals surface area contributed by atoms with Gasteiger partial charge in [0.1, 0.15) is 5.82 Å². The number of rotatable bonds is 7. The van der Waals surface area contributed by atoms with E-state index in [0.717, 1.165) is 39.3 Å². The van der Waals surface area contributed by atoms with Crippen molar-refractivity contribution in [3.63, 3.8) is 0 Å². The summed E-state index contributed by atoms with van der Waals surface area (Å²) in [7, 11) is 0. The summed E-state index contributed by atoms with van der Waals surface area (Å²) in [5, 5.41) is 10.0. The van der Waals surface area contributed by atoms with E-state index in [2.05, 4.69) is 75.6 Å². The van der Waals surface area contributed by atoms with E-state index in [1.807, 2.05) is 13.0 Å². The number of hydrogen-bond acceptors (Lipinski definition) is 4. The molecule has 2 aromatic carbocycles. The molecule has 28 heavy (non-hydrogen) atoms. The van der Waals surface area contributed by atoms with E-state index < -0.39 is 0 Å². The average Bonchev–Trinajstić information content (AvgIpc) is 3.24. The van der Waals surface area contributed by atoms with Crippen LogP contribution in [0.4, 0.5) is 0 Å². The van der Waals surface area contributed by atoms with Crippen molar-refractivity contribution in [2.45, 2.75) is 45.3 Å². The van der Waals surface area contributed by atoms with Gasteiger partial charge in [0.25, 0.3) is 0 Å². The van der Waals surface area contributed by atoms with E-state index in [0.29, 0.717) is 6.54 Å². The maximum absolute atomic E-state index is 4.69. The number of hydrogen-bond donors (Lipinski definition) is 0. The molecule has 144 valence electrons. The molecule has 0 N–H and O–H groups in total. The van der Waals surface area contributed by atoms with Crippen LogP contribution < -0.4 is 0 Å². The number of aromatic nitrogens is 5. The number of unbranched alkanes of at least 4 members (excludes halogenated alkanes) is 1. The molecule has 0 bridgehead atoms. The van der Waals surface area contributed by atoms with Crippen LogP contribution in [-0.2, 0) is 6.54 Å². The molecule has 0 aliphatic heterocycles. The Morgan fingerprint density at radius 2 is 1.75 bits per heavy atom. The van der Waals surface area contributed by atoms with Crippen LogP contribution >= 0.6 is 11.8 Å². The van der Waals surface area contributed by atoms with E-state index in [9.17, 15) is 0 Å². The van der Waals surface area contributed by atoms with Gasteiger partial charge in [-0.1, -0.05) is 54.9 Å². The van der Waals surface area contributed by atoms with Crippen LogP contribution in [0.2, 0.25) is 0 Å². The van der Waals surface area contributed by atoms with Crippen molar-refractivity contribution in [3.05, 3.63) is 65.7 Å². The Labute approximate surface area is 169 Å². The highest BCUT2D eigenvalue weighted by atomic mass is 32.2. The van der Waals surface area contributed by atoms with Gasteiger partial charge in [-0.05, 0) is 44.5 Å². The smallest absolute Gasteiger partial charge is 0.195 e. The topological polar surface area (TPSA) is 48.5 Å². The fourth-order valence-electron chi connectivity index (χ4n) is 3.29.